The van der Waals surface area contributed by atoms with Crippen LogP contribution in [0.2, 0.25) is 0 Å². The van der Waals surface area contributed by atoms with Gasteiger partial charge in [0.15, 0.2) is 17.5 Å². The quantitative estimate of drug-likeness (QED) is 0.156. The lowest BCUT2D eigenvalue weighted by Crippen LogP contribution is -2.57. The van der Waals surface area contributed by atoms with Crippen molar-refractivity contribution in [3.63, 3.8) is 0 Å². The maximum Gasteiger partial charge on any atom is 0.163 e. The van der Waals surface area contributed by atoms with Crippen LogP contribution >= 0.6 is 11.3 Å². The lowest BCUT2D eigenvalue weighted by atomic mass is 9.55. The Balaban J connectivity index is 1.39. The van der Waals surface area contributed by atoms with Gasteiger partial charge in [0, 0.05) is 26.1 Å². The molecule has 0 amide bonds. The summed E-state index contributed by atoms with van der Waals surface area (Å²) < 4.78 is 0.585. The van der Waals surface area contributed by atoms with E-state index in [-0.39, 0.29) is 236 Å². The number of rotatable bonds is 6. The number of benzene rings is 7. The first-order chi connectivity index (χ1) is 35.9. The van der Waals surface area contributed by atoms with Crippen LogP contribution in [0.3, 0.4) is 0 Å². The fourth-order valence-electron chi connectivity index (χ4n) is 9.40. The van der Waals surface area contributed by atoms with Crippen LogP contribution in [0.5, 0.6) is 0 Å². The first-order valence-electron chi connectivity index (χ1n) is 22.2. The van der Waals surface area contributed by atoms with Crippen molar-refractivity contribution >= 4 is 404 Å². The van der Waals surface area contributed by atoms with Crippen molar-refractivity contribution in [2.75, 3.05) is 0 Å². The van der Waals surface area contributed by atoms with E-state index in [1.807, 2.05) is 0 Å². The summed E-state index contributed by atoms with van der Waals surface area (Å²) in [6.07, 6.45) is 0. The van der Waals surface area contributed by atoms with Crippen molar-refractivity contribution in [3.8, 4) is 67.5 Å². The van der Waals surface area contributed by atoms with Crippen LogP contribution in [-0.2, 0) is 0 Å². The third-order valence-electron chi connectivity index (χ3n) is 13.9. The number of hydrogen-bond donors (Lipinski definition) is 0. The standard InChI is InChI=1S/C45HB28N3S/c46-13-2(1-3(14(47)29(13)62)43-74-44(11-25(58)34(67)39(72)35(68)26(11)59)76-45(75-43)12-27(60)36(69)40(73)37(70)28(12)61)4-15(48)30(63)23(56)9-10-24(57)31(64)22(55)8(42(10)77-41(4)9)7-18(51)16(49)5(17(50)19(7)52)6-20(53)32(65)38(71)33(66)21(6)54/h1H. The highest BCUT2D eigenvalue weighted by Gasteiger charge is 2.29. The van der Waals surface area contributed by atoms with Crippen molar-refractivity contribution < 1.29 is 0 Å². The molecule has 77 heavy (non-hydrogen) atoms. The maximum atomic E-state index is 6.97. The summed E-state index contributed by atoms with van der Waals surface area (Å²) in [5.74, 6) is -0.717. The SMILES string of the molecule is [B]c1c(-c2nc(-c3c([B])c([B])c([B])c([B])c3[B])nc(-c3c([B])c([B])c([B])c([B])c3[B])n2)cc(-c2c([B])c([B])c([B])c3c2sc2c(-c4c([B])c([B])c(-c5c([B])c([B])c([B])c([B])c5[B])c([B])c4[B])c([B])c([B])c([B])c23)c([B])c1[B]. The minimum Gasteiger partial charge on any atom is -0.208 e. The third-order valence-corrected chi connectivity index (χ3v) is 15.1. The molecular weight excluding hydrogens is 917 g/mol. The summed E-state index contributed by atoms with van der Waals surface area (Å²) in [5, 5.41) is 0.461. The van der Waals surface area contributed by atoms with E-state index in [4.69, 9.17) is 230 Å². The maximum absolute atomic E-state index is 6.97. The average molecular weight is 918 g/mol. The Morgan fingerprint density at radius 2 is 0.416 bits per heavy atom. The first-order valence-corrected chi connectivity index (χ1v) is 23.0. The van der Waals surface area contributed by atoms with Gasteiger partial charge >= 0.3 is 0 Å². The van der Waals surface area contributed by atoms with E-state index in [0.717, 1.165) is 11.3 Å². The molecule has 0 bridgehead atoms. The number of fused-ring (bicyclic) bond motifs is 3. The Labute approximate surface area is 489 Å². The predicted octanol–water partition coefficient (Wildman–Crippen LogP) is -21.5. The van der Waals surface area contributed by atoms with Crippen molar-refractivity contribution in [3.05, 3.63) is 6.07 Å². The Hall–Kier alpha value is -4.41. The number of thiophene rings is 1. The van der Waals surface area contributed by atoms with Crippen LogP contribution in [0.4, 0.5) is 0 Å². The normalized spacial score (nSPS) is 11.5. The fraction of sp³-hybridized carbons (Fsp3) is 0. The highest BCUT2D eigenvalue weighted by atomic mass is 32.1. The largest absolute Gasteiger partial charge is 0.208 e. The molecule has 0 saturated carbocycles. The number of nitrogens with zero attached hydrogens (tertiary/aromatic N) is 3. The molecule has 0 saturated heterocycles. The van der Waals surface area contributed by atoms with E-state index in [0.29, 0.717) is 4.70 Å². The monoisotopic (exact) mass is 923 g/mol. The Morgan fingerprint density at radius 1 is 0.195 bits per heavy atom. The van der Waals surface area contributed by atoms with Crippen LogP contribution in [0.15, 0.2) is 6.07 Å². The van der Waals surface area contributed by atoms with Gasteiger partial charge in [-0.25, -0.2) is 15.0 Å². The second kappa shape index (κ2) is 20.3. The number of hydrogen-bond acceptors (Lipinski definition) is 4. The lowest BCUT2D eigenvalue weighted by molar-refractivity contribution is 1.08. The second-order valence-corrected chi connectivity index (χ2v) is 19.0. The molecule has 0 spiro atoms. The van der Waals surface area contributed by atoms with E-state index in [9.17, 15) is 0 Å². The molecule has 9 aromatic rings. The Kier molecular flexibility index (Phi) is 15.1. The van der Waals surface area contributed by atoms with E-state index in [1.165, 1.54) is 6.07 Å². The molecule has 286 valence electrons. The Morgan fingerprint density at radius 3 is 0.779 bits per heavy atom. The van der Waals surface area contributed by atoms with E-state index in [1.54, 1.807) is 0 Å². The lowest BCUT2D eigenvalue weighted by Gasteiger charge is -2.29. The summed E-state index contributed by atoms with van der Waals surface area (Å²) in [7, 11) is 184. The molecule has 56 radical (unpaired) electrons. The van der Waals surface area contributed by atoms with E-state index < -0.39 is 0 Å². The predicted molar refractivity (Wildman–Crippen MR) is 356 cm³/mol. The molecule has 2 aromatic heterocycles. The van der Waals surface area contributed by atoms with Crippen LogP contribution in [-0.4, -0.2) is 235 Å². The molecule has 7 aromatic carbocycles. The van der Waals surface area contributed by atoms with Gasteiger partial charge in [0.1, 0.15) is 220 Å². The molecule has 3 nitrogen and oxygen atoms in total. The van der Waals surface area contributed by atoms with Crippen LogP contribution in [0, 0.1) is 0 Å². The summed E-state index contributed by atoms with van der Waals surface area (Å²) in [5.41, 5.74) is -3.06. The smallest absolute Gasteiger partial charge is 0.163 e. The molecular formula is C45HB28N3S. The van der Waals surface area contributed by atoms with Gasteiger partial charge in [-0.2, -0.15) is 0 Å². The van der Waals surface area contributed by atoms with Crippen LogP contribution < -0.4 is 153 Å². The Bertz CT molecular complexity index is 4010. The van der Waals surface area contributed by atoms with Crippen molar-refractivity contribution in [1.29, 1.82) is 0 Å². The summed E-state index contributed by atoms with van der Waals surface area (Å²) in [4.78, 5) is 14.2. The summed E-state index contributed by atoms with van der Waals surface area (Å²) in [6, 6.07) is 1.48. The zero-order chi connectivity index (χ0) is 56.9. The summed E-state index contributed by atoms with van der Waals surface area (Å²) in [6.45, 7) is 0. The molecule has 32 heteroatoms. The average Bonchev–Trinajstić information content (AvgIpc) is 3.81. The minimum absolute atomic E-state index is 0.00534. The van der Waals surface area contributed by atoms with Crippen molar-refractivity contribution in [2.45, 2.75) is 0 Å². The zero-order valence-electron chi connectivity index (χ0n) is 40.5. The molecule has 0 aliphatic rings. The molecule has 0 aliphatic heterocycles. The molecule has 0 atom stereocenters. The molecule has 0 aliphatic carbocycles. The minimum atomic E-state index is -0.245. The van der Waals surface area contributed by atoms with Gasteiger partial charge in [-0.3, -0.25) is 0 Å². The molecule has 0 fully saturated rings. The molecule has 2 heterocycles. The highest BCUT2D eigenvalue weighted by Crippen LogP contribution is 2.40. The molecule has 0 unspecified atom stereocenters. The molecule has 0 N–H and O–H groups in total. The van der Waals surface area contributed by atoms with E-state index >= 15 is 0 Å². The molecule has 9 rings (SSSR count). The van der Waals surface area contributed by atoms with Gasteiger partial charge < -0.3 is 0 Å². The van der Waals surface area contributed by atoms with Crippen molar-refractivity contribution in [2.24, 2.45) is 0 Å². The van der Waals surface area contributed by atoms with Crippen molar-refractivity contribution in [1.82, 2.24) is 15.0 Å². The topological polar surface area (TPSA) is 38.7 Å². The van der Waals surface area contributed by atoms with Crippen LogP contribution in [0.1, 0.15) is 0 Å². The fourth-order valence-corrected chi connectivity index (χ4v) is 10.9. The van der Waals surface area contributed by atoms with Gasteiger partial charge in [-0.15, -0.1) is 76.9 Å². The van der Waals surface area contributed by atoms with Gasteiger partial charge in [0.2, 0.25) is 0 Å². The second-order valence-electron chi connectivity index (χ2n) is 18.0. The van der Waals surface area contributed by atoms with Gasteiger partial charge in [0.25, 0.3) is 0 Å². The van der Waals surface area contributed by atoms with Gasteiger partial charge in [-0.05, 0) is 50.2 Å². The van der Waals surface area contributed by atoms with Crippen LogP contribution in [0.25, 0.3) is 87.7 Å². The highest BCUT2D eigenvalue weighted by molar-refractivity contribution is 7.27. The first kappa shape index (κ1) is 57.3. The summed E-state index contributed by atoms with van der Waals surface area (Å²) >= 11 is 1.05. The van der Waals surface area contributed by atoms with Gasteiger partial charge in [-0.1, -0.05) is 87.4 Å². The number of aromatic nitrogens is 3. The zero-order valence-corrected chi connectivity index (χ0v) is 41.3. The van der Waals surface area contributed by atoms with E-state index in [2.05, 4.69) is 4.98 Å². The van der Waals surface area contributed by atoms with Gasteiger partial charge in [0.05, 0.1) is 0 Å². The third kappa shape index (κ3) is 8.36.